The third-order valence-electron chi connectivity index (χ3n) is 4.17. The lowest BCUT2D eigenvalue weighted by Crippen LogP contribution is -2.42. The van der Waals surface area contributed by atoms with Crippen molar-refractivity contribution in [1.82, 2.24) is 16.0 Å². The van der Waals surface area contributed by atoms with Gasteiger partial charge in [0.2, 0.25) is 5.91 Å². The molecular formula is C17H35IN4O3S. The number of nitrogens with one attached hydrogen (secondary N) is 3. The normalized spacial score (nSPS) is 20.1. The number of rotatable bonds is 10. The van der Waals surface area contributed by atoms with Crippen LogP contribution in [0.15, 0.2) is 4.99 Å². The highest BCUT2D eigenvalue weighted by Crippen LogP contribution is 2.11. The number of sulfone groups is 1. The number of carbonyl (C=O) groups is 1. The Hall–Kier alpha value is -0.580. The fourth-order valence-corrected chi connectivity index (χ4v) is 4.48. The summed E-state index contributed by atoms with van der Waals surface area (Å²) < 4.78 is 22.8. The van der Waals surface area contributed by atoms with E-state index in [0.717, 1.165) is 18.9 Å². The summed E-state index contributed by atoms with van der Waals surface area (Å²) in [4.78, 5) is 16.4. The van der Waals surface area contributed by atoms with Crippen molar-refractivity contribution in [3.8, 4) is 0 Å². The third kappa shape index (κ3) is 11.2. The smallest absolute Gasteiger partial charge is 0.222 e. The molecule has 0 aromatic carbocycles. The maximum atomic E-state index is 11.9. The quantitative estimate of drug-likeness (QED) is 0.183. The van der Waals surface area contributed by atoms with Crippen molar-refractivity contribution in [2.45, 2.75) is 71.4 Å². The van der Waals surface area contributed by atoms with Crippen LogP contribution in [0.5, 0.6) is 0 Å². The first kappa shape index (κ1) is 25.4. The molecule has 0 aromatic heterocycles. The Morgan fingerprint density at radius 3 is 2.58 bits per heavy atom. The van der Waals surface area contributed by atoms with E-state index in [1.54, 1.807) is 0 Å². The number of carbonyl (C=O) groups excluding carboxylic acids is 1. The molecule has 1 heterocycles. The monoisotopic (exact) mass is 502 g/mol. The predicted octanol–water partition coefficient (Wildman–Crippen LogP) is 1.82. The zero-order valence-corrected chi connectivity index (χ0v) is 19.4. The molecule has 3 N–H and O–H groups in total. The minimum absolute atomic E-state index is 0. The average Bonchev–Trinajstić information content (AvgIpc) is 2.86. The number of halogens is 1. The van der Waals surface area contributed by atoms with Gasteiger partial charge in [-0.25, -0.2) is 8.42 Å². The molecule has 1 aliphatic rings. The lowest BCUT2D eigenvalue weighted by Gasteiger charge is -2.17. The molecule has 0 bridgehead atoms. The van der Waals surface area contributed by atoms with E-state index in [4.69, 9.17) is 0 Å². The van der Waals surface area contributed by atoms with Crippen LogP contribution in [-0.2, 0) is 14.6 Å². The molecule has 1 saturated heterocycles. The van der Waals surface area contributed by atoms with Crippen LogP contribution in [0, 0.1) is 0 Å². The van der Waals surface area contributed by atoms with Crippen molar-refractivity contribution in [2.75, 3.05) is 24.6 Å². The van der Waals surface area contributed by atoms with Crippen molar-refractivity contribution in [3.05, 3.63) is 0 Å². The molecule has 0 radical (unpaired) electrons. The van der Waals surface area contributed by atoms with Crippen molar-refractivity contribution in [2.24, 2.45) is 4.99 Å². The summed E-state index contributed by atoms with van der Waals surface area (Å²) in [5.74, 6) is 0.808. The maximum absolute atomic E-state index is 11.9. The summed E-state index contributed by atoms with van der Waals surface area (Å²) >= 11 is 0. The van der Waals surface area contributed by atoms with Crippen LogP contribution in [0.1, 0.15) is 59.3 Å². The zero-order chi connectivity index (χ0) is 18.7. The number of amides is 1. The second-order valence-electron chi connectivity index (χ2n) is 6.72. The number of hydrogen-bond acceptors (Lipinski definition) is 4. The molecule has 26 heavy (non-hydrogen) atoms. The van der Waals surface area contributed by atoms with Crippen molar-refractivity contribution >= 4 is 45.7 Å². The van der Waals surface area contributed by atoms with Crippen LogP contribution >= 0.6 is 24.0 Å². The molecule has 2 atom stereocenters. The van der Waals surface area contributed by atoms with Crippen molar-refractivity contribution in [3.63, 3.8) is 0 Å². The molecular weight excluding hydrogens is 467 g/mol. The summed E-state index contributed by atoms with van der Waals surface area (Å²) in [5.41, 5.74) is 0. The summed E-state index contributed by atoms with van der Waals surface area (Å²) in [5, 5.41) is 9.34. The van der Waals surface area contributed by atoms with E-state index in [2.05, 4.69) is 34.8 Å². The Labute approximate surface area is 175 Å². The first-order chi connectivity index (χ1) is 11.9. The van der Waals surface area contributed by atoms with E-state index in [0.29, 0.717) is 19.0 Å². The van der Waals surface area contributed by atoms with Crippen LogP contribution < -0.4 is 16.0 Å². The van der Waals surface area contributed by atoms with Gasteiger partial charge < -0.3 is 16.0 Å². The van der Waals surface area contributed by atoms with Crippen LogP contribution in [0.4, 0.5) is 0 Å². The van der Waals surface area contributed by atoms with Gasteiger partial charge >= 0.3 is 0 Å². The molecule has 0 aromatic rings. The maximum Gasteiger partial charge on any atom is 0.222 e. The second-order valence-corrected chi connectivity index (χ2v) is 8.95. The van der Waals surface area contributed by atoms with Gasteiger partial charge in [-0.3, -0.25) is 9.79 Å². The zero-order valence-electron chi connectivity index (χ0n) is 16.2. The fourth-order valence-electron chi connectivity index (χ4n) is 2.80. The van der Waals surface area contributed by atoms with Gasteiger partial charge in [0.05, 0.1) is 18.1 Å². The molecule has 2 unspecified atom stereocenters. The van der Waals surface area contributed by atoms with Crippen LogP contribution in [0.2, 0.25) is 0 Å². The second kappa shape index (κ2) is 13.6. The Balaban J connectivity index is 0.00000625. The van der Waals surface area contributed by atoms with Crippen LogP contribution in [-0.4, -0.2) is 57.0 Å². The van der Waals surface area contributed by atoms with E-state index in [-0.39, 0.29) is 53.9 Å². The van der Waals surface area contributed by atoms with Crippen LogP contribution in [0.3, 0.4) is 0 Å². The minimum atomic E-state index is -2.97. The highest BCUT2D eigenvalue weighted by atomic mass is 127. The fraction of sp³-hybridized carbons (Fsp3) is 0.882. The Morgan fingerprint density at radius 1 is 1.27 bits per heavy atom. The number of unbranched alkanes of at least 4 members (excludes halogenated alkanes) is 2. The highest BCUT2D eigenvalue weighted by Gasteiger charge is 2.28. The van der Waals surface area contributed by atoms with E-state index in [9.17, 15) is 13.2 Å². The van der Waals surface area contributed by atoms with Gasteiger partial charge in [-0.05, 0) is 26.7 Å². The lowest BCUT2D eigenvalue weighted by molar-refractivity contribution is -0.121. The molecule has 1 aliphatic heterocycles. The molecule has 9 heteroatoms. The molecule has 0 saturated carbocycles. The summed E-state index contributed by atoms with van der Waals surface area (Å²) in [7, 11) is -2.97. The number of aliphatic imine (C=N–C) groups is 1. The van der Waals surface area contributed by atoms with Gasteiger partial charge in [0.25, 0.3) is 0 Å². The van der Waals surface area contributed by atoms with Gasteiger partial charge in [0.1, 0.15) is 0 Å². The summed E-state index contributed by atoms with van der Waals surface area (Å²) in [6.07, 6.45) is 5.49. The molecule has 154 valence electrons. The lowest BCUT2D eigenvalue weighted by atomic mass is 10.1. The molecule has 1 fully saturated rings. The van der Waals surface area contributed by atoms with Crippen LogP contribution in [0.25, 0.3) is 0 Å². The van der Waals surface area contributed by atoms with Gasteiger partial charge in [-0.2, -0.15) is 0 Å². The van der Waals surface area contributed by atoms with Crippen molar-refractivity contribution in [1.29, 1.82) is 0 Å². The Bertz CT molecular complexity index is 540. The first-order valence-electron chi connectivity index (χ1n) is 9.41. The van der Waals surface area contributed by atoms with Gasteiger partial charge in [0.15, 0.2) is 15.8 Å². The SMILES string of the molecule is CCCCCC(C)NC(=NCCC(=O)NC1CCS(=O)(=O)C1)NCC.I. The molecule has 0 spiro atoms. The minimum Gasteiger partial charge on any atom is -0.357 e. The molecule has 0 aliphatic carbocycles. The number of guanidine groups is 1. The van der Waals surface area contributed by atoms with Gasteiger partial charge in [0, 0.05) is 25.0 Å². The van der Waals surface area contributed by atoms with Gasteiger partial charge in [-0.1, -0.05) is 26.2 Å². The standard InChI is InChI=1S/C17H34N4O3S.HI/c1-4-6-7-8-14(3)20-17(18-5-2)19-11-9-16(22)21-15-10-12-25(23,24)13-15;/h14-15H,4-13H2,1-3H3,(H,21,22)(H2,18,19,20);1H. The van der Waals surface area contributed by atoms with E-state index in [1.165, 1.54) is 19.3 Å². The Morgan fingerprint density at radius 2 is 2.00 bits per heavy atom. The summed E-state index contributed by atoms with van der Waals surface area (Å²) in [6.45, 7) is 7.47. The topological polar surface area (TPSA) is 99.7 Å². The largest absolute Gasteiger partial charge is 0.357 e. The molecule has 7 nitrogen and oxygen atoms in total. The van der Waals surface area contributed by atoms with Crippen molar-refractivity contribution < 1.29 is 13.2 Å². The highest BCUT2D eigenvalue weighted by molar-refractivity contribution is 14.0. The third-order valence-corrected chi connectivity index (χ3v) is 5.94. The molecule has 1 rings (SSSR count). The number of hydrogen-bond donors (Lipinski definition) is 3. The predicted molar refractivity (Wildman–Crippen MR) is 118 cm³/mol. The van der Waals surface area contributed by atoms with E-state index < -0.39 is 9.84 Å². The van der Waals surface area contributed by atoms with E-state index in [1.807, 2.05) is 6.92 Å². The van der Waals surface area contributed by atoms with E-state index >= 15 is 0 Å². The summed E-state index contributed by atoms with van der Waals surface area (Å²) in [6, 6.07) is 0.0910. The van der Waals surface area contributed by atoms with Gasteiger partial charge in [-0.15, -0.1) is 24.0 Å². The number of nitrogens with zero attached hydrogens (tertiary/aromatic N) is 1. The average molecular weight is 502 g/mol. The Kier molecular flexibility index (Phi) is 13.3. The first-order valence-corrected chi connectivity index (χ1v) is 11.2. The molecule has 1 amide bonds.